The summed E-state index contributed by atoms with van der Waals surface area (Å²) in [4.78, 5) is 35.5. The number of aldehydes is 1. The van der Waals surface area contributed by atoms with E-state index in [4.69, 9.17) is 9.97 Å². The number of allylic oxidation sites excluding steroid dienone is 1. The molecule has 0 amide bonds. The summed E-state index contributed by atoms with van der Waals surface area (Å²) < 4.78 is 0. The van der Waals surface area contributed by atoms with Crippen LogP contribution in [0.5, 0.6) is 0 Å². The number of rotatable bonds is 2. The smallest absolute Gasteiger partial charge is 0.164 e. The van der Waals surface area contributed by atoms with E-state index in [9.17, 15) is 4.79 Å². The lowest BCUT2D eigenvalue weighted by Crippen LogP contribution is -2.15. The van der Waals surface area contributed by atoms with Crippen molar-refractivity contribution in [3.63, 3.8) is 0 Å². The van der Waals surface area contributed by atoms with Crippen LogP contribution in [0.4, 0.5) is 0 Å². The minimum atomic E-state index is -0.0478. The third-order valence-electron chi connectivity index (χ3n) is 9.51. The van der Waals surface area contributed by atoms with Gasteiger partial charge in [-0.2, -0.15) is 0 Å². The molecule has 48 heavy (non-hydrogen) atoms. The molecule has 0 aliphatic carbocycles. The fourth-order valence-electron chi connectivity index (χ4n) is 6.63. The SMILES string of the molecule is CC.Cc1cc2cc3nc(cc4[nH]c(cc5nc(cc1[nH]2)C(C)(C)C5)cc4C)C(C)(C)C3.Cc1cc[nH]c1/C=C1\N=C(C=O)CC1(C)C. The van der Waals surface area contributed by atoms with Gasteiger partial charge in [0.1, 0.15) is 0 Å². The number of aryl methyl sites for hydroxylation is 3. The first-order chi connectivity index (χ1) is 22.6. The van der Waals surface area contributed by atoms with Crippen molar-refractivity contribution in [2.45, 2.75) is 106 Å². The summed E-state index contributed by atoms with van der Waals surface area (Å²) in [6.07, 6.45) is 7.39. The highest BCUT2D eigenvalue weighted by molar-refractivity contribution is 6.29. The maximum absolute atomic E-state index is 10.7. The van der Waals surface area contributed by atoms with Crippen LogP contribution in [-0.4, -0.2) is 36.9 Å². The summed E-state index contributed by atoms with van der Waals surface area (Å²) in [5.41, 5.74) is 15.3. The van der Waals surface area contributed by atoms with Gasteiger partial charge in [-0.05, 0) is 86.0 Å². The topological polar surface area (TPSA) is 103 Å². The molecular formula is C41H52N6O. The fraction of sp³-hybridized carbons (Fsp3) is 0.415. The van der Waals surface area contributed by atoms with Gasteiger partial charge in [-0.15, -0.1) is 0 Å². The summed E-state index contributed by atoms with van der Waals surface area (Å²) in [7, 11) is 0. The van der Waals surface area contributed by atoms with E-state index in [1.165, 1.54) is 16.7 Å². The Morgan fingerprint density at radius 1 is 0.667 bits per heavy atom. The van der Waals surface area contributed by atoms with Gasteiger partial charge in [0.05, 0.1) is 5.71 Å². The molecule has 0 fully saturated rings. The van der Waals surface area contributed by atoms with Crippen LogP contribution in [0.3, 0.4) is 0 Å². The molecule has 0 spiro atoms. The van der Waals surface area contributed by atoms with Crippen LogP contribution >= 0.6 is 0 Å². The molecule has 3 N–H and O–H groups in total. The van der Waals surface area contributed by atoms with Gasteiger partial charge in [-0.3, -0.25) is 19.8 Å². The van der Waals surface area contributed by atoms with E-state index in [2.05, 4.69) is 119 Å². The number of aromatic nitrogens is 5. The second-order valence-corrected chi connectivity index (χ2v) is 15.2. The molecule has 0 aromatic carbocycles. The predicted octanol–water partition coefficient (Wildman–Crippen LogP) is 9.73. The Labute approximate surface area is 285 Å². The molecule has 0 saturated carbocycles. The first kappa shape index (κ1) is 34.8. The Balaban J connectivity index is 0.000000212. The summed E-state index contributed by atoms with van der Waals surface area (Å²) in [6.45, 7) is 23.7. The highest BCUT2D eigenvalue weighted by Gasteiger charge is 2.32. The van der Waals surface area contributed by atoms with Crippen molar-refractivity contribution >= 4 is 40.1 Å². The number of carbonyl (C=O) groups is 1. The normalized spacial score (nSPS) is 18.0. The number of hydrogen-bond donors (Lipinski definition) is 3. The Hall–Kier alpha value is -4.52. The average Bonchev–Trinajstić information content (AvgIpc) is 3.83. The molecule has 8 bridgehead atoms. The van der Waals surface area contributed by atoms with E-state index in [0.717, 1.165) is 81.8 Å². The highest BCUT2D eigenvalue weighted by atomic mass is 16.1. The lowest BCUT2D eigenvalue weighted by Gasteiger charge is -2.17. The van der Waals surface area contributed by atoms with Crippen molar-refractivity contribution in [3.05, 3.63) is 99.5 Å². The molecular weight excluding hydrogens is 592 g/mol. The monoisotopic (exact) mass is 644 g/mol. The molecule has 7 heteroatoms. The Kier molecular flexibility index (Phi) is 9.55. The van der Waals surface area contributed by atoms with E-state index in [-0.39, 0.29) is 16.2 Å². The average molecular weight is 645 g/mol. The number of H-pyrrole nitrogens is 3. The second-order valence-electron chi connectivity index (χ2n) is 15.2. The van der Waals surface area contributed by atoms with Crippen molar-refractivity contribution in [3.8, 4) is 0 Å². The minimum Gasteiger partial charge on any atom is -0.361 e. The van der Waals surface area contributed by atoms with Gasteiger partial charge >= 0.3 is 0 Å². The van der Waals surface area contributed by atoms with Gasteiger partial charge < -0.3 is 15.0 Å². The largest absolute Gasteiger partial charge is 0.361 e. The molecule has 7 nitrogen and oxygen atoms in total. The Morgan fingerprint density at radius 2 is 1.17 bits per heavy atom. The van der Waals surface area contributed by atoms with Crippen LogP contribution in [0, 0.1) is 26.2 Å². The van der Waals surface area contributed by atoms with Gasteiger partial charge in [-0.25, -0.2) is 0 Å². The number of aliphatic imine (C=N–C) groups is 1. The molecule has 0 atom stereocenters. The van der Waals surface area contributed by atoms with Crippen molar-refractivity contribution in [1.82, 2.24) is 24.9 Å². The number of fused-ring (bicyclic) bond motifs is 8. The van der Waals surface area contributed by atoms with Gasteiger partial charge in [0.2, 0.25) is 0 Å². The lowest BCUT2D eigenvalue weighted by molar-refractivity contribution is -0.102. The van der Waals surface area contributed by atoms with Crippen LogP contribution < -0.4 is 0 Å². The summed E-state index contributed by atoms with van der Waals surface area (Å²) in [5, 5.41) is 0. The quantitative estimate of drug-likeness (QED) is 0.189. The molecule has 252 valence electrons. The van der Waals surface area contributed by atoms with E-state index in [0.29, 0.717) is 5.71 Å². The number of aromatic amines is 3. The highest BCUT2D eigenvalue weighted by Crippen LogP contribution is 2.38. The zero-order chi connectivity index (χ0) is 35.0. The molecule has 7 heterocycles. The second kappa shape index (κ2) is 13.2. The van der Waals surface area contributed by atoms with Gasteiger partial charge in [0, 0.05) is 97.9 Å². The Morgan fingerprint density at radius 3 is 1.58 bits per heavy atom. The van der Waals surface area contributed by atoms with Crippen molar-refractivity contribution in [2.75, 3.05) is 0 Å². The number of nitrogens with one attached hydrogen (secondary N) is 3. The molecule has 3 aliphatic rings. The minimum absolute atomic E-state index is 0.0147. The predicted molar refractivity (Wildman–Crippen MR) is 201 cm³/mol. The molecule has 4 aromatic rings. The summed E-state index contributed by atoms with van der Waals surface area (Å²) in [5.74, 6) is 0. The van der Waals surface area contributed by atoms with E-state index in [1.54, 1.807) is 0 Å². The first-order valence-corrected chi connectivity index (χ1v) is 17.2. The van der Waals surface area contributed by atoms with Crippen molar-refractivity contribution < 1.29 is 4.79 Å². The number of carbonyl (C=O) groups excluding carboxylic acids is 1. The zero-order valence-corrected chi connectivity index (χ0v) is 30.6. The molecule has 0 unspecified atom stereocenters. The summed E-state index contributed by atoms with van der Waals surface area (Å²) in [6, 6.07) is 15.3. The van der Waals surface area contributed by atoms with E-state index < -0.39 is 0 Å². The van der Waals surface area contributed by atoms with Gasteiger partial charge in [0.25, 0.3) is 0 Å². The molecule has 0 saturated heterocycles. The van der Waals surface area contributed by atoms with Gasteiger partial charge in [-0.1, -0.05) is 55.4 Å². The number of hydrogen-bond acceptors (Lipinski definition) is 4. The number of nitrogens with zero attached hydrogens (tertiary/aromatic N) is 3. The van der Waals surface area contributed by atoms with Crippen LogP contribution in [0.2, 0.25) is 0 Å². The lowest BCUT2D eigenvalue weighted by atomic mass is 9.86. The fourth-order valence-corrected chi connectivity index (χ4v) is 6.63. The zero-order valence-electron chi connectivity index (χ0n) is 30.6. The maximum Gasteiger partial charge on any atom is 0.164 e. The van der Waals surface area contributed by atoms with Crippen LogP contribution in [0.15, 0.2) is 59.4 Å². The van der Waals surface area contributed by atoms with E-state index >= 15 is 0 Å². The molecule has 4 aromatic heterocycles. The molecule has 0 radical (unpaired) electrons. The Bertz CT molecular complexity index is 1960. The third-order valence-corrected chi connectivity index (χ3v) is 9.51. The van der Waals surface area contributed by atoms with Crippen molar-refractivity contribution in [1.29, 1.82) is 0 Å². The maximum atomic E-state index is 10.7. The standard InChI is InChI=1S/C26H30N4.C13H16N2O.C2H6/c1-15-7-17-9-19-13-26(5,6)24(30-19)12-22-16(2)8-18(28-22)10-20-14-25(3,4)23(29-20)11-21(15)27-17;1-9-4-5-14-11(9)6-12-13(2,3)7-10(8-16)15-12;1-2/h7-12,27-28H,13-14H2,1-6H3;4-6,8,14H,7H2,1-3H3;1-2H3/b;12-6-;. The molecule has 3 aliphatic heterocycles. The van der Waals surface area contributed by atoms with Crippen LogP contribution in [0.25, 0.3) is 28.1 Å². The van der Waals surface area contributed by atoms with Crippen LogP contribution in [0.1, 0.15) is 107 Å². The van der Waals surface area contributed by atoms with Gasteiger partial charge in [0.15, 0.2) is 6.29 Å². The van der Waals surface area contributed by atoms with Crippen LogP contribution in [-0.2, 0) is 28.5 Å². The van der Waals surface area contributed by atoms with Crippen molar-refractivity contribution in [2.24, 2.45) is 10.4 Å². The molecule has 7 rings (SSSR count). The first-order valence-electron chi connectivity index (χ1n) is 17.2. The van der Waals surface area contributed by atoms with E-state index in [1.807, 2.05) is 32.2 Å². The summed E-state index contributed by atoms with van der Waals surface area (Å²) >= 11 is 0. The third kappa shape index (κ3) is 7.30.